The minimum Gasteiger partial charge on any atom is -0.335 e. The summed E-state index contributed by atoms with van der Waals surface area (Å²) in [4.78, 5) is 30.8. The third-order valence-electron chi connectivity index (χ3n) is 4.77. The second-order valence-corrected chi connectivity index (χ2v) is 10.7. The fraction of sp³-hybridized carbons (Fsp3) is 0.250. The Labute approximate surface area is 196 Å². The predicted molar refractivity (Wildman–Crippen MR) is 133 cm³/mol. The highest BCUT2D eigenvalue weighted by Crippen LogP contribution is 2.46. The molecule has 5 nitrogen and oxygen atoms in total. The summed E-state index contributed by atoms with van der Waals surface area (Å²) in [7, 11) is 1.66. The zero-order valence-corrected chi connectivity index (χ0v) is 20.5. The summed E-state index contributed by atoms with van der Waals surface area (Å²) >= 11 is 15.6. The maximum absolute atomic E-state index is 13.0. The highest BCUT2D eigenvalue weighted by molar-refractivity contribution is 8.30. The van der Waals surface area contributed by atoms with E-state index >= 15 is 0 Å². The Morgan fingerprint density at radius 2 is 1.90 bits per heavy atom. The van der Waals surface area contributed by atoms with Crippen LogP contribution in [0.5, 0.6) is 0 Å². The van der Waals surface area contributed by atoms with E-state index < -0.39 is 0 Å². The van der Waals surface area contributed by atoms with Crippen molar-refractivity contribution in [3.8, 4) is 0 Å². The number of nitrogens with zero attached hydrogens (tertiary/aromatic N) is 3. The molecule has 1 fully saturated rings. The first kappa shape index (κ1) is 21.7. The molecule has 10 heteroatoms. The SMILES string of the molecule is CCN1/C(=C/C=c2/s/c(=C3\SC(=S)N(C)C3=O)n(CC)c2=O)Sc2ccc(Cl)cc21. The van der Waals surface area contributed by atoms with Gasteiger partial charge in [0.1, 0.15) is 13.9 Å². The van der Waals surface area contributed by atoms with Gasteiger partial charge in [-0.1, -0.05) is 47.3 Å². The number of halogens is 1. The number of hydrogen-bond donors (Lipinski definition) is 0. The number of thiocarbonyl (C=S) groups is 1. The fourth-order valence-electron chi connectivity index (χ4n) is 3.23. The molecule has 1 aromatic carbocycles. The zero-order chi connectivity index (χ0) is 21.6. The molecule has 0 radical (unpaired) electrons. The first-order valence-electron chi connectivity index (χ1n) is 9.26. The quantitative estimate of drug-likeness (QED) is 0.608. The van der Waals surface area contributed by atoms with E-state index in [2.05, 4.69) is 11.8 Å². The van der Waals surface area contributed by atoms with Gasteiger partial charge in [0.05, 0.1) is 15.2 Å². The van der Waals surface area contributed by atoms with Gasteiger partial charge in [0.2, 0.25) is 0 Å². The third-order valence-corrected chi connectivity index (χ3v) is 8.95. The average molecular weight is 496 g/mol. The van der Waals surface area contributed by atoms with E-state index in [0.717, 1.165) is 22.2 Å². The van der Waals surface area contributed by atoms with Gasteiger partial charge < -0.3 is 4.90 Å². The van der Waals surface area contributed by atoms with Gasteiger partial charge in [-0.25, -0.2) is 0 Å². The summed E-state index contributed by atoms with van der Waals surface area (Å²) in [6.07, 6.45) is 3.80. The van der Waals surface area contributed by atoms with Crippen LogP contribution in [0.1, 0.15) is 13.8 Å². The van der Waals surface area contributed by atoms with Crippen molar-refractivity contribution in [3.05, 3.63) is 53.9 Å². The van der Waals surface area contributed by atoms with E-state index in [9.17, 15) is 9.59 Å². The molecule has 4 rings (SSSR count). The summed E-state index contributed by atoms with van der Waals surface area (Å²) in [6, 6.07) is 5.85. The van der Waals surface area contributed by atoms with Crippen molar-refractivity contribution in [1.29, 1.82) is 0 Å². The molecule has 0 saturated carbocycles. The van der Waals surface area contributed by atoms with Crippen LogP contribution in [0.3, 0.4) is 0 Å². The number of hydrogen-bond acceptors (Lipinski definition) is 7. The van der Waals surface area contributed by atoms with Crippen molar-refractivity contribution < 1.29 is 4.79 Å². The summed E-state index contributed by atoms with van der Waals surface area (Å²) in [5.41, 5.74) is 0.981. The number of fused-ring (bicyclic) bond motifs is 1. The lowest BCUT2D eigenvalue weighted by Gasteiger charge is -2.17. The molecule has 30 heavy (non-hydrogen) atoms. The van der Waals surface area contributed by atoms with Gasteiger partial charge in [-0.2, -0.15) is 0 Å². The highest BCUT2D eigenvalue weighted by atomic mass is 35.5. The van der Waals surface area contributed by atoms with Crippen LogP contribution in [0.4, 0.5) is 5.69 Å². The molecule has 2 aliphatic rings. The molecule has 0 bridgehead atoms. The summed E-state index contributed by atoms with van der Waals surface area (Å²) in [5, 5.41) is 1.73. The largest absolute Gasteiger partial charge is 0.335 e. The van der Waals surface area contributed by atoms with E-state index in [-0.39, 0.29) is 11.5 Å². The standard InChI is InChI=1S/C20H18ClN3O2S4/c1-4-23-12-10-11(21)6-7-13(12)28-15(23)9-8-14-17(25)24(5-2)19(29-14)16-18(26)22(3)20(27)30-16/h6-10H,4-5H2,1-3H3/b14-8+,15-9-,19-16-. The highest BCUT2D eigenvalue weighted by Gasteiger charge is 2.31. The van der Waals surface area contributed by atoms with Crippen LogP contribution >= 0.6 is 58.7 Å². The van der Waals surface area contributed by atoms with Gasteiger partial charge in [0, 0.05) is 30.1 Å². The molecule has 1 saturated heterocycles. The zero-order valence-electron chi connectivity index (χ0n) is 16.5. The Balaban J connectivity index is 1.81. The van der Waals surface area contributed by atoms with Crippen LogP contribution in [-0.4, -0.2) is 33.3 Å². The van der Waals surface area contributed by atoms with Crippen molar-refractivity contribution >= 4 is 85.6 Å². The first-order valence-corrected chi connectivity index (χ1v) is 12.5. The molecule has 156 valence electrons. The second-order valence-electron chi connectivity index (χ2n) is 6.51. The normalized spacial score (nSPS) is 20.1. The number of thioether (sulfide) groups is 2. The van der Waals surface area contributed by atoms with Crippen molar-refractivity contribution in [2.45, 2.75) is 25.3 Å². The van der Waals surface area contributed by atoms with Gasteiger partial charge in [0.15, 0.2) is 0 Å². The molecule has 2 aromatic rings. The Kier molecular flexibility index (Phi) is 6.18. The van der Waals surface area contributed by atoms with E-state index in [0.29, 0.717) is 30.0 Å². The summed E-state index contributed by atoms with van der Waals surface area (Å²) < 4.78 is 3.40. The molecule has 0 N–H and O–H groups in total. The minimum absolute atomic E-state index is 0.0951. The first-order chi connectivity index (χ1) is 14.3. The van der Waals surface area contributed by atoms with Gasteiger partial charge in [-0.05, 0) is 44.2 Å². The van der Waals surface area contributed by atoms with E-state index in [1.165, 1.54) is 28.0 Å². The number of anilines is 1. The van der Waals surface area contributed by atoms with Crippen molar-refractivity contribution in [3.63, 3.8) is 0 Å². The molecule has 0 spiro atoms. The maximum Gasteiger partial charge on any atom is 0.269 e. The lowest BCUT2D eigenvalue weighted by atomic mass is 10.3. The van der Waals surface area contributed by atoms with Crippen molar-refractivity contribution in [2.24, 2.45) is 0 Å². The topological polar surface area (TPSA) is 45.5 Å². The molecule has 2 aliphatic heterocycles. The van der Waals surface area contributed by atoms with E-state index in [1.54, 1.807) is 23.4 Å². The van der Waals surface area contributed by atoms with E-state index in [4.69, 9.17) is 23.8 Å². The van der Waals surface area contributed by atoms with Gasteiger partial charge in [-0.15, -0.1) is 11.3 Å². The van der Waals surface area contributed by atoms with Crippen molar-refractivity contribution in [1.82, 2.24) is 9.47 Å². The van der Waals surface area contributed by atoms with Crippen LogP contribution in [-0.2, 0) is 11.3 Å². The Hall–Kier alpha value is -1.52. The number of benzene rings is 1. The van der Waals surface area contributed by atoms with Crippen LogP contribution in [0, 0.1) is 0 Å². The molecular weight excluding hydrogens is 478 g/mol. The van der Waals surface area contributed by atoms with Crippen molar-refractivity contribution in [2.75, 3.05) is 18.5 Å². The molecule has 3 heterocycles. The fourth-order valence-corrected chi connectivity index (χ4v) is 6.95. The van der Waals surface area contributed by atoms with E-state index in [1.807, 2.05) is 37.3 Å². The average Bonchev–Trinajstić information content (AvgIpc) is 3.32. The van der Waals surface area contributed by atoms with Crippen LogP contribution in [0.15, 0.2) is 39.0 Å². The molecule has 0 aliphatic carbocycles. The number of allylic oxidation sites excluding steroid dienone is 1. The molecule has 1 amide bonds. The number of carbonyl (C=O) groups is 1. The number of thiazole rings is 1. The number of aromatic nitrogens is 1. The minimum atomic E-state index is -0.158. The second kappa shape index (κ2) is 8.55. The Bertz CT molecular complexity index is 1280. The van der Waals surface area contributed by atoms with Gasteiger partial charge in [-0.3, -0.25) is 19.1 Å². The molecule has 0 atom stereocenters. The molecular formula is C20H18ClN3O2S4. The summed E-state index contributed by atoms with van der Waals surface area (Å²) in [5.74, 6) is -0.158. The smallest absolute Gasteiger partial charge is 0.269 e. The summed E-state index contributed by atoms with van der Waals surface area (Å²) in [6.45, 7) is 5.26. The Morgan fingerprint density at radius 3 is 2.53 bits per heavy atom. The Morgan fingerprint density at radius 1 is 1.13 bits per heavy atom. The predicted octanol–water partition coefficient (Wildman–Crippen LogP) is 3.44. The molecule has 1 aromatic heterocycles. The monoisotopic (exact) mass is 495 g/mol. The molecule has 0 unspecified atom stereocenters. The van der Waals surface area contributed by atoms with Crippen LogP contribution in [0.2, 0.25) is 5.02 Å². The van der Waals surface area contributed by atoms with Gasteiger partial charge >= 0.3 is 0 Å². The van der Waals surface area contributed by atoms with Crippen LogP contribution < -0.4 is 19.7 Å². The number of amides is 1. The van der Waals surface area contributed by atoms with Gasteiger partial charge in [0.25, 0.3) is 11.5 Å². The lowest BCUT2D eigenvalue weighted by molar-refractivity contribution is -0.119. The van der Waals surface area contributed by atoms with Crippen LogP contribution in [0.25, 0.3) is 11.0 Å². The maximum atomic E-state index is 13.0. The number of carbonyl (C=O) groups excluding carboxylic acids is 1. The number of rotatable bonds is 3. The lowest BCUT2D eigenvalue weighted by Crippen LogP contribution is -2.32. The third kappa shape index (κ3) is 3.67.